The number of hydrogen-bond donors (Lipinski definition) is 1. The van der Waals surface area contributed by atoms with Crippen molar-refractivity contribution in [3.05, 3.63) is 46.4 Å². The minimum absolute atomic E-state index is 0.106. The highest BCUT2D eigenvalue weighted by Crippen LogP contribution is 2.21. The molecule has 0 aliphatic rings. The molecule has 5 heteroatoms. The molecule has 0 fully saturated rings. The summed E-state index contributed by atoms with van der Waals surface area (Å²) in [6, 6.07) is 7.43. The predicted molar refractivity (Wildman–Crippen MR) is 81.1 cm³/mol. The number of nitrogens with zero attached hydrogens (tertiary/aromatic N) is 1. The lowest BCUT2D eigenvalue weighted by atomic mass is 10.2. The number of anilines is 1. The van der Waals surface area contributed by atoms with Crippen molar-refractivity contribution < 1.29 is 9.53 Å². The second-order valence-electron chi connectivity index (χ2n) is 4.77. The number of rotatable bonds is 5. The molecular formula is C15H18N2O2S. The van der Waals surface area contributed by atoms with Gasteiger partial charge in [-0.15, -0.1) is 11.3 Å². The molecule has 1 atom stereocenters. The van der Waals surface area contributed by atoms with Crippen LogP contribution in [0.5, 0.6) is 0 Å². The SMILES string of the molecule is CC(C)OC(=O)c1ccc(NC(C)c2nccs2)cc1. The Balaban J connectivity index is 1.99. The highest BCUT2D eigenvalue weighted by molar-refractivity contribution is 7.09. The van der Waals surface area contributed by atoms with E-state index in [-0.39, 0.29) is 18.1 Å². The molecule has 1 heterocycles. The lowest BCUT2D eigenvalue weighted by Gasteiger charge is -2.13. The Kier molecular flexibility index (Phi) is 4.74. The van der Waals surface area contributed by atoms with Crippen LogP contribution in [0.15, 0.2) is 35.8 Å². The fourth-order valence-corrected chi connectivity index (χ4v) is 2.39. The first-order chi connectivity index (χ1) is 9.56. The van der Waals surface area contributed by atoms with Crippen molar-refractivity contribution in [1.82, 2.24) is 4.98 Å². The molecule has 0 aliphatic carbocycles. The molecule has 0 saturated heterocycles. The summed E-state index contributed by atoms with van der Waals surface area (Å²) < 4.78 is 5.15. The van der Waals surface area contributed by atoms with Gasteiger partial charge < -0.3 is 10.1 Å². The molecule has 0 aliphatic heterocycles. The third-order valence-corrected chi connectivity index (χ3v) is 3.63. The molecule has 0 bridgehead atoms. The lowest BCUT2D eigenvalue weighted by Crippen LogP contribution is -2.11. The number of nitrogens with one attached hydrogen (secondary N) is 1. The number of esters is 1. The summed E-state index contributed by atoms with van der Waals surface area (Å²) in [5, 5.41) is 6.34. The molecular weight excluding hydrogens is 272 g/mol. The number of hydrogen-bond acceptors (Lipinski definition) is 5. The Bertz CT molecular complexity index is 550. The molecule has 20 heavy (non-hydrogen) atoms. The Hall–Kier alpha value is -1.88. The summed E-state index contributed by atoms with van der Waals surface area (Å²) in [4.78, 5) is 16.0. The van der Waals surface area contributed by atoms with E-state index in [2.05, 4.69) is 17.2 Å². The standard InChI is InChI=1S/C15H18N2O2S/c1-10(2)19-15(18)12-4-6-13(7-5-12)17-11(3)14-16-8-9-20-14/h4-11,17H,1-3H3. The number of benzene rings is 1. The topological polar surface area (TPSA) is 51.2 Å². The van der Waals surface area contributed by atoms with E-state index >= 15 is 0 Å². The first-order valence-electron chi connectivity index (χ1n) is 6.53. The van der Waals surface area contributed by atoms with E-state index in [0.717, 1.165) is 10.7 Å². The molecule has 0 radical (unpaired) electrons. The fraction of sp³-hybridized carbons (Fsp3) is 0.333. The quantitative estimate of drug-likeness (QED) is 0.849. The van der Waals surface area contributed by atoms with Gasteiger partial charge in [0, 0.05) is 17.3 Å². The third kappa shape index (κ3) is 3.81. The first kappa shape index (κ1) is 14.5. The summed E-state index contributed by atoms with van der Waals surface area (Å²) in [6.07, 6.45) is 1.69. The molecule has 0 saturated carbocycles. The van der Waals surface area contributed by atoms with Crippen molar-refractivity contribution in [3.8, 4) is 0 Å². The van der Waals surface area contributed by atoms with Gasteiger partial charge in [-0.05, 0) is 45.0 Å². The van der Waals surface area contributed by atoms with Crippen molar-refractivity contribution in [2.75, 3.05) is 5.32 Å². The lowest BCUT2D eigenvalue weighted by molar-refractivity contribution is 0.0378. The Labute approximate surface area is 122 Å². The van der Waals surface area contributed by atoms with Gasteiger partial charge in [-0.2, -0.15) is 0 Å². The molecule has 1 unspecified atom stereocenters. The number of aromatic nitrogens is 1. The van der Waals surface area contributed by atoms with Crippen LogP contribution in [0.25, 0.3) is 0 Å². The normalized spacial score (nSPS) is 12.2. The molecule has 1 aromatic heterocycles. The maximum absolute atomic E-state index is 11.7. The van der Waals surface area contributed by atoms with E-state index in [1.54, 1.807) is 29.7 Å². The Morgan fingerprint density at radius 1 is 1.25 bits per heavy atom. The zero-order chi connectivity index (χ0) is 14.5. The van der Waals surface area contributed by atoms with E-state index in [0.29, 0.717) is 5.56 Å². The van der Waals surface area contributed by atoms with Crippen molar-refractivity contribution in [2.24, 2.45) is 0 Å². The van der Waals surface area contributed by atoms with Crippen LogP contribution < -0.4 is 5.32 Å². The van der Waals surface area contributed by atoms with Gasteiger partial charge in [-0.3, -0.25) is 0 Å². The highest BCUT2D eigenvalue weighted by atomic mass is 32.1. The Morgan fingerprint density at radius 2 is 1.95 bits per heavy atom. The number of carbonyl (C=O) groups is 1. The first-order valence-corrected chi connectivity index (χ1v) is 7.41. The van der Waals surface area contributed by atoms with Crippen LogP contribution in [0.1, 0.15) is 42.2 Å². The van der Waals surface area contributed by atoms with Gasteiger partial charge in [-0.25, -0.2) is 9.78 Å². The van der Waals surface area contributed by atoms with Crippen LogP contribution >= 0.6 is 11.3 Å². The molecule has 0 spiro atoms. The molecule has 1 aromatic carbocycles. The summed E-state index contributed by atoms with van der Waals surface area (Å²) in [6.45, 7) is 5.73. The van der Waals surface area contributed by atoms with Gasteiger partial charge >= 0.3 is 5.97 Å². The maximum atomic E-state index is 11.7. The van der Waals surface area contributed by atoms with Crippen molar-refractivity contribution in [3.63, 3.8) is 0 Å². The van der Waals surface area contributed by atoms with Crippen molar-refractivity contribution in [1.29, 1.82) is 0 Å². The minimum Gasteiger partial charge on any atom is -0.459 e. The summed E-state index contributed by atoms with van der Waals surface area (Å²) >= 11 is 1.62. The van der Waals surface area contributed by atoms with Crippen LogP contribution in [-0.4, -0.2) is 17.1 Å². The van der Waals surface area contributed by atoms with Crippen molar-refractivity contribution >= 4 is 23.0 Å². The van der Waals surface area contributed by atoms with Gasteiger partial charge in [-0.1, -0.05) is 0 Å². The second-order valence-corrected chi connectivity index (χ2v) is 5.69. The van der Waals surface area contributed by atoms with Gasteiger partial charge in [0.1, 0.15) is 5.01 Å². The highest BCUT2D eigenvalue weighted by Gasteiger charge is 2.10. The third-order valence-electron chi connectivity index (χ3n) is 2.67. The summed E-state index contributed by atoms with van der Waals surface area (Å²) in [5.74, 6) is -0.292. The van der Waals surface area contributed by atoms with Crippen LogP contribution in [-0.2, 0) is 4.74 Å². The average molecular weight is 290 g/mol. The van der Waals surface area contributed by atoms with E-state index < -0.39 is 0 Å². The smallest absolute Gasteiger partial charge is 0.338 e. The fourth-order valence-electron chi connectivity index (χ4n) is 1.74. The van der Waals surface area contributed by atoms with Crippen LogP contribution in [0.2, 0.25) is 0 Å². The average Bonchev–Trinajstić information content (AvgIpc) is 2.92. The monoisotopic (exact) mass is 290 g/mol. The van der Waals surface area contributed by atoms with Crippen LogP contribution in [0.4, 0.5) is 5.69 Å². The van der Waals surface area contributed by atoms with E-state index in [1.165, 1.54) is 0 Å². The van der Waals surface area contributed by atoms with Crippen LogP contribution in [0.3, 0.4) is 0 Å². The zero-order valence-corrected chi connectivity index (χ0v) is 12.6. The Morgan fingerprint density at radius 3 is 2.50 bits per heavy atom. The maximum Gasteiger partial charge on any atom is 0.338 e. The summed E-state index contributed by atoms with van der Waals surface area (Å²) in [5.41, 5.74) is 1.51. The van der Waals surface area contributed by atoms with Gasteiger partial charge in [0.25, 0.3) is 0 Å². The summed E-state index contributed by atoms with van der Waals surface area (Å²) in [7, 11) is 0. The molecule has 106 valence electrons. The number of ether oxygens (including phenoxy) is 1. The van der Waals surface area contributed by atoms with Crippen molar-refractivity contribution in [2.45, 2.75) is 32.9 Å². The molecule has 4 nitrogen and oxygen atoms in total. The van der Waals surface area contributed by atoms with E-state index in [4.69, 9.17) is 4.74 Å². The van der Waals surface area contributed by atoms with Gasteiger partial charge in [0.05, 0.1) is 17.7 Å². The number of thiazole rings is 1. The van der Waals surface area contributed by atoms with E-state index in [9.17, 15) is 4.79 Å². The van der Waals surface area contributed by atoms with Crippen LogP contribution in [0, 0.1) is 0 Å². The van der Waals surface area contributed by atoms with Gasteiger partial charge in [0.2, 0.25) is 0 Å². The predicted octanol–water partition coefficient (Wildman–Crippen LogP) is 3.88. The van der Waals surface area contributed by atoms with E-state index in [1.807, 2.05) is 31.4 Å². The second kappa shape index (κ2) is 6.52. The molecule has 2 aromatic rings. The molecule has 2 rings (SSSR count). The minimum atomic E-state index is -0.292. The largest absolute Gasteiger partial charge is 0.459 e. The zero-order valence-electron chi connectivity index (χ0n) is 11.8. The molecule has 0 amide bonds. The number of carbonyl (C=O) groups excluding carboxylic acids is 1. The van der Waals surface area contributed by atoms with Gasteiger partial charge in [0.15, 0.2) is 0 Å². The molecule has 1 N–H and O–H groups in total.